The number of carbonyl (C=O) groups excluding carboxylic acids is 1. The van der Waals surface area contributed by atoms with Crippen molar-refractivity contribution in [2.24, 2.45) is 0 Å². The molecule has 0 aliphatic carbocycles. The van der Waals surface area contributed by atoms with Crippen LogP contribution in [-0.4, -0.2) is 49.3 Å². The lowest BCUT2D eigenvalue weighted by Crippen LogP contribution is -2.47. The van der Waals surface area contributed by atoms with Gasteiger partial charge in [0.2, 0.25) is 0 Å². The van der Waals surface area contributed by atoms with Crippen molar-refractivity contribution in [3.8, 4) is 0 Å². The lowest BCUT2D eigenvalue weighted by atomic mass is 10.0. The van der Waals surface area contributed by atoms with E-state index in [4.69, 9.17) is 14.6 Å². The molecule has 2 N–H and O–H groups in total. The second-order valence-corrected chi connectivity index (χ2v) is 4.44. The molecule has 1 heterocycles. The summed E-state index contributed by atoms with van der Waals surface area (Å²) < 4.78 is 15.5. The first-order valence-corrected chi connectivity index (χ1v) is 6.38. The van der Waals surface area contributed by atoms with Crippen LogP contribution in [0.2, 0.25) is 0 Å². The Morgan fingerprint density at radius 1 is 1.42 bits per heavy atom. The van der Waals surface area contributed by atoms with Gasteiger partial charge in [0.05, 0.1) is 20.3 Å². The van der Waals surface area contributed by atoms with Crippen molar-refractivity contribution in [2.75, 3.05) is 20.3 Å². The molecule has 0 saturated carbocycles. The van der Waals surface area contributed by atoms with Crippen molar-refractivity contribution in [2.45, 2.75) is 44.4 Å². The maximum Gasteiger partial charge on any atom is 0.407 e. The van der Waals surface area contributed by atoms with Gasteiger partial charge in [-0.25, -0.2) is 9.59 Å². The number of amides is 1. The van der Waals surface area contributed by atoms with Gasteiger partial charge in [0.1, 0.15) is 6.04 Å². The molecular weight excluding hydrogens is 254 g/mol. The lowest BCUT2D eigenvalue weighted by molar-refractivity contribution is -0.177. The molecule has 1 rings (SSSR count). The third-order valence-corrected chi connectivity index (χ3v) is 3.02. The molecule has 7 nitrogen and oxygen atoms in total. The van der Waals surface area contributed by atoms with Crippen LogP contribution >= 0.6 is 0 Å². The Kier molecular flexibility index (Phi) is 6.04. The van der Waals surface area contributed by atoms with Crippen LogP contribution in [0.15, 0.2) is 0 Å². The summed E-state index contributed by atoms with van der Waals surface area (Å²) in [5.74, 6) is -2.06. The van der Waals surface area contributed by atoms with E-state index in [1.165, 1.54) is 7.11 Å². The number of hydrogen-bond acceptors (Lipinski definition) is 5. The van der Waals surface area contributed by atoms with Crippen molar-refractivity contribution < 1.29 is 28.9 Å². The van der Waals surface area contributed by atoms with Crippen LogP contribution in [0, 0.1) is 0 Å². The quantitative estimate of drug-likeness (QED) is 0.723. The first kappa shape index (κ1) is 15.7. The summed E-state index contributed by atoms with van der Waals surface area (Å²) in [5.41, 5.74) is 0. The molecule has 19 heavy (non-hydrogen) atoms. The molecule has 1 atom stereocenters. The number of hydrogen-bond donors (Lipinski definition) is 2. The number of carboxylic acid groups (broad SMARTS) is 1. The molecule has 1 fully saturated rings. The highest BCUT2D eigenvalue weighted by molar-refractivity contribution is 5.79. The van der Waals surface area contributed by atoms with Crippen molar-refractivity contribution in [1.82, 2.24) is 5.32 Å². The normalized spacial score (nSPS) is 18.8. The summed E-state index contributed by atoms with van der Waals surface area (Å²) in [4.78, 5) is 22.3. The minimum absolute atomic E-state index is 0.0669. The van der Waals surface area contributed by atoms with E-state index in [-0.39, 0.29) is 6.42 Å². The molecule has 1 amide bonds. The zero-order chi connectivity index (χ0) is 14.3. The van der Waals surface area contributed by atoms with E-state index in [1.54, 1.807) is 0 Å². The standard InChI is InChI=1S/C12H21NO6/c1-3-4-5-12(18-6-7-19-12)8-9(10(14)15)13-11(16)17-2/h9H,3-8H2,1-2H3,(H,13,16)(H,14,15)/t9-/m1/s1. The van der Waals surface area contributed by atoms with Gasteiger partial charge in [0.25, 0.3) is 0 Å². The van der Waals surface area contributed by atoms with E-state index in [2.05, 4.69) is 10.1 Å². The topological polar surface area (TPSA) is 94.1 Å². The number of unbranched alkanes of at least 4 members (excludes halogenated alkanes) is 1. The Labute approximate surface area is 112 Å². The first-order chi connectivity index (χ1) is 9.03. The molecule has 1 aliphatic heterocycles. The number of nitrogens with one attached hydrogen (secondary N) is 1. The van der Waals surface area contributed by atoms with Gasteiger partial charge in [-0.1, -0.05) is 13.3 Å². The van der Waals surface area contributed by atoms with Crippen LogP contribution in [0.25, 0.3) is 0 Å². The lowest BCUT2D eigenvalue weighted by Gasteiger charge is -2.30. The van der Waals surface area contributed by atoms with Crippen molar-refractivity contribution in [3.63, 3.8) is 0 Å². The Hall–Kier alpha value is -1.34. The Balaban J connectivity index is 2.67. The fourth-order valence-corrected chi connectivity index (χ4v) is 2.02. The van der Waals surface area contributed by atoms with Gasteiger partial charge in [-0.05, 0) is 6.42 Å². The summed E-state index contributed by atoms with van der Waals surface area (Å²) in [6.07, 6.45) is 1.71. The molecule has 0 bridgehead atoms. The highest BCUT2D eigenvalue weighted by Gasteiger charge is 2.40. The molecule has 0 unspecified atom stereocenters. The minimum atomic E-state index is -1.14. The maximum atomic E-state index is 11.2. The summed E-state index contributed by atoms with van der Waals surface area (Å²) in [6, 6.07) is -1.09. The molecule has 0 spiro atoms. The van der Waals surface area contributed by atoms with E-state index in [0.717, 1.165) is 12.8 Å². The van der Waals surface area contributed by atoms with E-state index >= 15 is 0 Å². The number of alkyl carbamates (subject to hydrolysis) is 1. The van der Waals surface area contributed by atoms with Gasteiger partial charge in [-0.3, -0.25) is 0 Å². The van der Waals surface area contributed by atoms with Gasteiger partial charge in [0.15, 0.2) is 5.79 Å². The zero-order valence-corrected chi connectivity index (χ0v) is 11.3. The largest absolute Gasteiger partial charge is 0.480 e. The highest BCUT2D eigenvalue weighted by Crippen LogP contribution is 2.30. The van der Waals surface area contributed by atoms with Crippen LogP contribution in [-0.2, 0) is 19.0 Å². The van der Waals surface area contributed by atoms with E-state index in [9.17, 15) is 9.59 Å². The Morgan fingerprint density at radius 3 is 2.53 bits per heavy atom. The average molecular weight is 275 g/mol. The molecule has 110 valence electrons. The van der Waals surface area contributed by atoms with Gasteiger partial charge in [0, 0.05) is 12.8 Å². The predicted octanol–water partition coefficient (Wildman–Crippen LogP) is 1.12. The summed E-state index contributed by atoms with van der Waals surface area (Å²) in [6.45, 7) is 2.91. The smallest absolute Gasteiger partial charge is 0.407 e. The number of methoxy groups -OCH3 is 1. The van der Waals surface area contributed by atoms with Gasteiger partial charge in [-0.2, -0.15) is 0 Å². The van der Waals surface area contributed by atoms with E-state index < -0.39 is 23.9 Å². The van der Waals surface area contributed by atoms with Crippen LogP contribution < -0.4 is 5.32 Å². The van der Waals surface area contributed by atoms with Gasteiger partial charge < -0.3 is 24.6 Å². The monoisotopic (exact) mass is 275 g/mol. The van der Waals surface area contributed by atoms with Crippen molar-refractivity contribution in [3.05, 3.63) is 0 Å². The van der Waals surface area contributed by atoms with Crippen LogP contribution in [0.4, 0.5) is 4.79 Å². The van der Waals surface area contributed by atoms with Crippen molar-refractivity contribution in [1.29, 1.82) is 0 Å². The fourth-order valence-electron chi connectivity index (χ4n) is 2.02. The maximum absolute atomic E-state index is 11.2. The Morgan fingerprint density at radius 2 is 2.05 bits per heavy atom. The summed E-state index contributed by atoms with van der Waals surface area (Å²) in [5, 5.41) is 11.4. The van der Waals surface area contributed by atoms with Crippen LogP contribution in [0.5, 0.6) is 0 Å². The molecule has 0 aromatic carbocycles. The number of rotatable bonds is 7. The predicted molar refractivity (Wildman–Crippen MR) is 65.7 cm³/mol. The number of aliphatic carboxylic acids is 1. The first-order valence-electron chi connectivity index (χ1n) is 6.38. The third-order valence-electron chi connectivity index (χ3n) is 3.02. The zero-order valence-electron chi connectivity index (χ0n) is 11.3. The molecule has 1 saturated heterocycles. The van der Waals surface area contributed by atoms with Gasteiger partial charge in [-0.15, -0.1) is 0 Å². The molecule has 0 radical (unpaired) electrons. The third kappa shape index (κ3) is 4.68. The van der Waals surface area contributed by atoms with Gasteiger partial charge >= 0.3 is 12.1 Å². The Bertz CT molecular complexity index is 313. The molecular formula is C12H21NO6. The van der Waals surface area contributed by atoms with E-state index in [1.807, 2.05) is 6.92 Å². The minimum Gasteiger partial charge on any atom is -0.480 e. The number of carboxylic acids is 1. The second-order valence-electron chi connectivity index (χ2n) is 4.44. The summed E-state index contributed by atoms with van der Waals surface area (Å²) in [7, 11) is 1.18. The van der Waals surface area contributed by atoms with Crippen LogP contribution in [0.1, 0.15) is 32.6 Å². The van der Waals surface area contributed by atoms with Crippen LogP contribution in [0.3, 0.4) is 0 Å². The molecule has 1 aliphatic rings. The van der Waals surface area contributed by atoms with Crippen molar-refractivity contribution >= 4 is 12.1 Å². The molecule has 0 aromatic heterocycles. The highest BCUT2D eigenvalue weighted by atomic mass is 16.7. The second kappa shape index (κ2) is 7.30. The number of carbonyl (C=O) groups is 2. The SMILES string of the molecule is CCCCC1(C[C@@H](NC(=O)OC)C(=O)O)OCCO1. The average Bonchev–Trinajstić information content (AvgIpc) is 2.84. The molecule has 7 heteroatoms. The summed E-state index contributed by atoms with van der Waals surface area (Å²) >= 11 is 0. The fraction of sp³-hybridized carbons (Fsp3) is 0.833. The molecule has 0 aromatic rings. The number of ether oxygens (including phenoxy) is 3. The van der Waals surface area contributed by atoms with E-state index in [0.29, 0.717) is 19.6 Å².